The van der Waals surface area contributed by atoms with Crippen LogP contribution in [0.1, 0.15) is 31.2 Å². The second-order valence-electron chi connectivity index (χ2n) is 6.09. The van der Waals surface area contributed by atoms with Gasteiger partial charge in [-0.1, -0.05) is 18.6 Å². The zero-order chi connectivity index (χ0) is 15.0. The first-order valence-corrected chi connectivity index (χ1v) is 8.81. The molecule has 2 fully saturated rings. The van der Waals surface area contributed by atoms with Gasteiger partial charge in [0.25, 0.3) is 5.69 Å². The van der Waals surface area contributed by atoms with Gasteiger partial charge in [-0.25, -0.2) is 13.1 Å². The lowest BCUT2D eigenvalue weighted by Crippen LogP contribution is -2.39. The molecule has 7 heteroatoms. The van der Waals surface area contributed by atoms with E-state index < -0.39 is 14.9 Å². The summed E-state index contributed by atoms with van der Waals surface area (Å²) in [6, 6.07) is 5.85. The molecule has 6 nitrogen and oxygen atoms in total. The zero-order valence-electron chi connectivity index (χ0n) is 11.6. The molecular weight excluding hydrogens is 292 g/mol. The molecule has 0 amide bonds. The van der Waals surface area contributed by atoms with Crippen LogP contribution in [0.3, 0.4) is 0 Å². The number of nitrogens with zero attached hydrogens (tertiary/aromatic N) is 1. The Balaban J connectivity index is 1.68. The summed E-state index contributed by atoms with van der Waals surface area (Å²) in [6.45, 7) is 0. The number of nitro benzene ring substituents is 1. The van der Waals surface area contributed by atoms with Crippen molar-refractivity contribution in [1.29, 1.82) is 0 Å². The van der Waals surface area contributed by atoms with E-state index in [1.807, 2.05) is 0 Å². The summed E-state index contributed by atoms with van der Waals surface area (Å²) in [5.41, 5.74) is 0.363. The quantitative estimate of drug-likeness (QED) is 0.667. The van der Waals surface area contributed by atoms with Crippen LogP contribution in [-0.2, 0) is 15.8 Å². The van der Waals surface area contributed by atoms with E-state index >= 15 is 0 Å². The Kier molecular flexibility index (Phi) is 3.71. The van der Waals surface area contributed by atoms with Gasteiger partial charge in [-0.15, -0.1) is 0 Å². The maximum Gasteiger partial charge on any atom is 0.269 e. The molecule has 0 heterocycles. The highest BCUT2D eigenvalue weighted by atomic mass is 32.2. The highest BCUT2D eigenvalue weighted by Crippen LogP contribution is 2.44. The van der Waals surface area contributed by atoms with Gasteiger partial charge in [0.05, 0.1) is 10.7 Å². The van der Waals surface area contributed by atoms with Gasteiger partial charge < -0.3 is 0 Å². The highest BCUT2D eigenvalue weighted by Gasteiger charge is 2.41. The monoisotopic (exact) mass is 310 g/mol. The van der Waals surface area contributed by atoms with Crippen LogP contribution in [0.15, 0.2) is 24.3 Å². The standard InChI is InChI=1S/C14H18N2O4S/c17-16(18)13-3-1-2-11(7-13)9-21(19,20)15-14-8-10-4-5-12(14)6-10/h1-3,7,10,12,14-15H,4-6,8-9H2/t10-,12+,14+/m0/s1. The summed E-state index contributed by atoms with van der Waals surface area (Å²) in [7, 11) is -3.46. The second kappa shape index (κ2) is 5.38. The van der Waals surface area contributed by atoms with Crippen LogP contribution in [0.4, 0.5) is 5.69 Å². The number of non-ortho nitro benzene ring substituents is 1. The first-order chi connectivity index (χ1) is 9.93. The van der Waals surface area contributed by atoms with Crippen molar-refractivity contribution >= 4 is 15.7 Å². The van der Waals surface area contributed by atoms with Crippen LogP contribution in [0.2, 0.25) is 0 Å². The average molecular weight is 310 g/mol. The number of hydrogen-bond acceptors (Lipinski definition) is 4. The topological polar surface area (TPSA) is 89.3 Å². The summed E-state index contributed by atoms with van der Waals surface area (Å²) in [5, 5.41) is 10.7. The zero-order valence-corrected chi connectivity index (χ0v) is 12.4. The van der Waals surface area contributed by atoms with E-state index in [0.29, 0.717) is 17.4 Å². The molecule has 3 atom stereocenters. The second-order valence-corrected chi connectivity index (χ2v) is 7.84. The fraction of sp³-hybridized carbons (Fsp3) is 0.571. The maximum atomic E-state index is 12.2. The third kappa shape index (κ3) is 3.24. The van der Waals surface area contributed by atoms with E-state index in [9.17, 15) is 18.5 Å². The molecule has 0 unspecified atom stereocenters. The lowest BCUT2D eigenvalue weighted by molar-refractivity contribution is -0.384. The van der Waals surface area contributed by atoms with Gasteiger partial charge in [-0.3, -0.25) is 10.1 Å². The van der Waals surface area contributed by atoms with Gasteiger partial charge >= 0.3 is 0 Å². The molecule has 114 valence electrons. The molecule has 3 rings (SSSR count). The average Bonchev–Trinajstić information content (AvgIpc) is 3.00. The number of benzene rings is 1. The molecule has 1 N–H and O–H groups in total. The minimum atomic E-state index is -3.46. The highest BCUT2D eigenvalue weighted by molar-refractivity contribution is 7.88. The van der Waals surface area contributed by atoms with Crippen molar-refractivity contribution in [1.82, 2.24) is 4.72 Å². The van der Waals surface area contributed by atoms with Crippen LogP contribution in [0.25, 0.3) is 0 Å². The van der Waals surface area contributed by atoms with Gasteiger partial charge in [0.1, 0.15) is 0 Å². The third-order valence-electron chi connectivity index (χ3n) is 4.55. The van der Waals surface area contributed by atoms with Crippen molar-refractivity contribution in [3.05, 3.63) is 39.9 Å². The summed E-state index contributed by atoms with van der Waals surface area (Å²) < 4.78 is 27.3. The van der Waals surface area contributed by atoms with Crippen LogP contribution in [0, 0.1) is 22.0 Å². The van der Waals surface area contributed by atoms with Crippen molar-refractivity contribution in [2.45, 2.75) is 37.5 Å². The Bertz CT molecular complexity index is 659. The molecule has 1 aromatic rings. The molecule has 0 saturated heterocycles. The molecule has 2 saturated carbocycles. The van der Waals surface area contributed by atoms with Gasteiger partial charge in [0.15, 0.2) is 0 Å². The van der Waals surface area contributed by atoms with Gasteiger partial charge in [-0.2, -0.15) is 0 Å². The van der Waals surface area contributed by atoms with E-state index in [4.69, 9.17) is 0 Å². The summed E-state index contributed by atoms with van der Waals surface area (Å²) in [4.78, 5) is 10.2. The minimum Gasteiger partial charge on any atom is -0.258 e. The summed E-state index contributed by atoms with van der Waals surface area (Å²) in [5.74, 6) is 0.929. The van der Waals surface area contributed by atoms with Crippen molar-refractivity contribution in [3.63, 3.8) is 0 Å². The molecule has 1 aromatic carbocycles. The molecule has 0 aliphatic heterocycles. The Hall–Kier alpha value is -1.47. The molecule has 0 aromatic heterocycles. The fourth-order valence-corrected chi connectivity index (χ4v) is 5.09. The van der Waals surface area contributed by atoms with Crippen LogP contribution >= 0.6 is 0 Å². The van der Waals surface area contributed by atoms with Gasteiger partial charge in [-0.05, 0) is 36.7 Å². The third-order valence-corrected chi connectivity index (χ3v) is 5.92. The number of nitrogens with one attached hydrogen (secondary N) is 1. The van der Waals surface area contributed by atoms with Crippen molar-refractivity contribution in [3.8, 4) is 0 Å². The Morgan fingerprint density at radius 2 is 2.10 bits per heavy atom. The van der Waals surface area contributed by atoms with E-state index in [1.54, 1.807) is 6.07 Å². The first kappa shape index (κ1) is 14.5. The number of fused-ring (bicyclic) bond motifs is 2. The number of rotatable bonds is 5. The maximum absolute atomic E-state index is 12.2. The predicted octanol–water partition coefficient (Wildman–Crippen LogP) is 2.20. The Morgan fingerprint density at radius 3 is 2.71 bits per heavy atom. The number of hydrogen-bond donors (Lipinski definition) is 1. The van der Waals surface area contributed by atoms with Gasteiger partial charge in [0.2, 0.25) is 10.0 Å². The lowest BCUT2D eigenvalue weighted by atomic mass is 9.96. The van der Waals surface area contributed by atoms with E-state index in [1.165, 1.54) is 24.6 Å². The molecule has 21 heavy (non-hydrogen) atoms. The summed E-state index contributed by atoms with van der Waals surface area (Å²) in [6.07, 6.45) is 4.38. The predicted molar refractivity (Wildman–Crippen MR) is 78.1 cm³/mol. The van der Waals surface area contributed by atoms with Gasteiger partial charge in [0, 0.05) is 18.2 Å². The van der Waals surface area contributed by atoms with E-state index in [2.05, 4.69) is 4.72 Å². The lowest BCUT2D eigenvalue weighted by Gasteiger charge is -2.22. The number of nitro groups is 1. The van der Waals surface area contributed by atoms with Crippen LogP contribution < -0.4 is 4.72 Å². The van der Waals surface area contributed by atoms with Crippen LogP contribution in [-0.4, -0.2) is 19.4 Å². The molecule has 0 radical (unpaired) electrons. The van der Waals surface area contributed by atoms with Crippen molar-refractivity contribution in [2.75, 3.05) is 0 Å². The first-order valence-electron chi connectivity index (χ1n) is 7.16. The normalized spacial score (nSPS) is 27.9. The molecule has 2 bridgehead atoms. The minimum absolute atomic E-state index is 0.0486. The fourth-order valence-electron chi connectivity index (χ4n) is 3.64. The van der Waals surface area contributed by atoms with E-state index in [0.717, 1.165) is 19.3 Å². The molecule has 2 aliphatic carbocycles. The Labute approximate surface area is 123 Å². The molecular formula is C14H18N2O4S. The SMILES string of the molecule is O=[N+]([O-])c1cccc(CS(=O)(=O)N[C@@H]2C[C@H]3CC[C@@H]2C3)c1. The number of sulfonamides is 1. The van der Waals surface area contributed by atoms with Crippen LogP contribution in [0.5, 0.6) is 0 Å². The summed E-state index contributed by atoms with van der Waals surface area (Å²) >= 11 is 0. The molecule has 2 aliphatic rings. The largest absolute Gasteiger partial charge is 0.269 e. The van der Waals surface area contributed by atoms with E-state index in [-0.39, 0.29) is 17.5 Å². The van der Waals surface area contributed by atoms with Crippen molar-refractivity contribution < 1.29 is 13.3 Å². The molecule has 0 spiro atoms. The Morgan fingerprint density at radius 1 is 1.29 bits per heavy atom. The smallest absolute Gasteiger partial charge is 0.258 e. The van der Waals surface area contributed by atoms with Crippen molar-refractivity contribution in [2.24, 2.45) is 11.8 Å².